The molecule has 0 bridgehead atoms. The van der Waals surface area contributed by atoms with E-state index in [1.54, 1.807) is 19.5 Å². The summed E-state index contributed by atoms with van der Waals surface area (Å²) in [4.78, 5) is 8.66. The van der Waals surface area contributed by atoms with Crippen molar-refractivity contribution >= 4 is 17.0 Å². The van der Waals surface area contributed by atoms with E-state index in [0.29, 0.717) is 0 Å². The molecule has 0 spiro atoms. The molecule has 22 heavy (non-hydrogen) atoms. The highest BCUT2D eigenvalue weighted by molar-refractivity contribution is 5.91. The summed E-state index contributed by atoms with van der Waals surface area (Å²) in [6, 6.07) is 16.5. The number of benzene rings is 2. The summed E-state index contributed by atoms with van der Waals surface area (Å²) >= 11 is 0. The molecule has 0 fully saturated rings. The van der Waals surface area contributed by atoms with E-state index in [4.69, 9.17) is 4.74 Å². The number of hydrogen-bond donors (Lipinski definition) is 0. The fraction of sp³-hybridized carbons (Fsp3) is 0.158. The fourth-order valence-electron chi connectivity index (χ4n) is 2.38. The third kappa shape index (κ3) is 3.14. The van der Waals surface area contributed by atoms with Crippen LogP contribution in [0.2, 0.25) is 0 Å². The molecule has 0 amide bonds. The highest BCUT2D eigenvalue weighted by Crippen LogP contribution is 2.22. The lowest BCUT2D eigenvalue weighted by Gasteiger charge is -2.06. The van der Waals surface area contributed by atoms with Gasteiger partial charge >= 0.3 is 0 Å². The Morgan fingerprint density at radius 1 is 1.00 bits per heavy atom. The minimum absolute atomic E-state index is 0.120. The lowest BCUT2D eigenvalue weighted by Crippen LogP contribution is -1.91. The zero-order valence-electron chi connectivity index (χ0n) is 12.7. The summed E-state index contributed by atoms with van der Waals surface area (Å²) in [5.41, 5.74) is 2.26. The number of methoxy groups -OCH3 is 1. The number of aliphatic imine (C=N–C) groups is 1. The van der Waals surface area contributed by atoms with Crippen molar-refractivity contribution < 1.29 is 4.74 Å². The van der Waals surface area contributed by atoms with Gasteiger partial charge in [-0.2, -0.15) is 0 Å². The average Bonchev–Trinajstić information content (AvgIpc) is 2.59. The van der Waals surface area contributed by atoms with Gasteiger partial charge in [-0.3, -0.25) is 9.98 Å². The van der Waals surface area contributed by atoms with Crippen molar-refractivity contribution in [3.8, 4) is 5.75 Å². The van der Waals surface area contributed by atoms with Crippen molar-refractivity contribution in [2.45, 2.75) is 13.0 Å². The Morgan fingerprint density at radius 3 is 2.50 bits per heavy atom. The molecule has 0 aliphatic carbocycles. The minimum atomic E-state index is 0.120. The van der Waals surface area contributed by atoms with Gasteiger partial charge in [0.1, 0.15) is 5.75 Å². The minimum Gasteiger partial charge on any atom is -0.497 e. The molecule has 3 rings (SSSR count). The van der Waals surface area contributed by atoms with Crippen LogP contribution in [0.4, 0.5) is 0 Å². The van der Waals surface area contributed by atoms with E-state index in [2.05, 4.69) is 41.2 Å². The smallest absolute Gasteiger partial charge is 0.119 e. The third-order valence-corrected chi connectivity index (χ3v) is 3.71. The van der Waals surface area contributed by atoms with Crippen LogP contribution in [0.15, 0.2) is 65.9 Å². The first-order chi connectivity index (χ1) is 10.8. The normalized spacial score (nSPS) is 12.6. The van der Waals surface area contributed by atoms with E-state index in [1.807, 2.05) is 30.5 Å². The topological polar surface area (TPSA) is 34.5 Å². The molecule has 0 aliphatic heterocycles. The van der Waals surface area contributed by atoms with Crippen LogP contribution in [0.25, 0.3) is 10.8 Å². The zero-order valence-corrected chi connectivity index (χ0v) is 12.7. The maximum atomic E-state index is 5.25. The zero-order chi connectivity index (χ0) is 15.4. The Balaban J connectivity index is 1.83. The highest BCUT2D eigenvalue weighted by atomic mass is 16.5. The fourth-order valence-corrected chi connectivity index (χ4v) is 2.38. The number of fused-ring (bicyclic) bond motifs is 1. The molecular formula is C19H18N2O. The van der Waals surface area contributed by atoms with Gasteiger partial charge in [0, 0.05) is 18.6 Å². The molecule has 3 heteroatoms. The van der Waals surface area contributed by atoms with Crippen molar-refractivity contribution in [2.24, 2.45) is 4.99 Å². The van der Waals surface area contributed by atoms with Gasteiger partial charge in [-0.1, -0.05) is 18.2 Å². The van der Waals surface area contributed by atoms with Crippen LogP contribution >= 0.6 is 0 Å². The lowest BCUT2D eigenvalue weighted by atomic mass is 10.1. The number of rotatable bonds is 4. The summed E-state index contributed by atoms with van der Waals surface area (Å²) in [5.74, 6) is 0.875. The van der Waals surface area contributed by atoms with Crippen molar-refractivity contribution in [2.75, 3.05) is 7.11 Å². The number of aromatic nitrogens is 1. The van der Waals surface area contributed by atoms with E-state index in [9.17, 15) is 0 Å². The third-order valence-electron chi connectivity index (χ3n) is 3.71. The summed E-state index contributed by atoms with van der Waals surface area (Å²) in [5, 5.41) is 2.35. The maximum absolute atomic E-state index is 5.25. The SMILES string of the molecule is COc1ccc2cc(C=NC(C)c3ccncc3)ccc2c1. The van der Waals surface area contributed by atoms with Crippen molar-refractivity contribution in [3.63, 3.8) is 0 Å². The monoisotopic (exact) mass is 290 g/mol. The second-order valence-corrected chi connectivity index (χ2v) is 5.21. The molecular weight excluding hydrogens is 272 g/mol. The van der Waals surface area contributed by atoms with Crippen LogP contribution in [0.3, 0.4) is 0 Å². The molecule has 0 aliphatic rings. The standard InChI is InChI=1S/C19H18N2O/c1-14(16-7-9-20-10-8-16)21-13-15-3-4-18-12-19(22-2)6-5-17(18)11-15/h3-14H,1-2H3. The van der Waals surface area contributed by atoms with Gasteiger partial charge in [0.25, 0.3) is 0 Å². The molecule has 1 unspecified atom stereocenters. The quantitative estimate of drug-likeness (QED) is 0.666. The lowest BCUT2D eigenvalue weighted by molar-refractivity contribution is 0.415. The Kier molecular flexibility index (Phi) is 4.15. The first-order valence-electron chi connectivity index (χ1n) is 7.27. The molecule has 0 saturated heterocycles. The Labute approximate surface area is 130 Å². The van der Waals surface area contributed by atoms with E-state index in [-0.39, 0.29) is 6.04 Å². The Bertz CT molecular complexity index is 797. The number of ether oxygens (including phenoxy) is 1. The molecule has 3 nitrogen and oxygen atoms in total. The predicted molar refractivity (Wildman–Crippen MR) is 90.7 cm³/mol. The van der Waals surface area contributed by atoms with Gasteiger partial charge in [-0.15, -0.1) is 0 Å². The molecule has 1 aromatic heterocycles. The summed E-state index contributed by atoms with van der Waals surface area (Å²) in [6.07, 6.45) is 5.52. The van der Waals surface area contributed by atoms with Crippen LogP contribution in [0.1, 0.15) is 24.1 Å². The predicted octanol–water partition coefficient (Wildman–Crippen LogP) is 4.42. The molecule has 0 N–H and O–H groups in total. The molecule has 0 saturated carbocycles. The molecule has 110 valence electrons. The average molecular weight is 290 g/mol. The van der Waals surface area contributed by atoms with E-state index in [1.165, 1.54) is 10.8 Å². The van der Waals surface area contributed by atoms with Crippen molar-refractivity contribution in [3.05, 3.63) is 72.1 Å². The van der Waals surface area contributed by atoms with Crippen LogP contribution in [-0.2, 0) is 0 Å². The van der Waals surface area contributed by atoms with Crippen molar-refractivity contribution in [1.82, 2.24) is 4.98 Å². The maximum Gasteiger partial charge on any atom is 0.119 e. The molecule has 2 aromatic carbocycles. The van der Waals surface area contributed by atoms with Gasteiger partial charge in [0.2, 0.25) is 0 Å². The van der Waals surface area contributed by atoms with Crippen LogP contribution in [-0.4, -0.2) is 18.3 Å². The first-order valence-corrected chi connectivity index (χ1v) is 7.27. The number of pyridine rings is 1. The number of nitrogens with zero attached hydrogens (tertiary/aromatic N) is 2. The summed E-state index contributed by atoms with van der Waals surface area (Å²) in [7, 11) is 1.68. The van der Waals surface area contributed by atoms with Crippen LogP contribution < -0.4 is 4.74 Å². The van der Waals surface area contributed by atoms with Gasteiger partial charge in [-0.05, 0) is 59.2 Å². The number of hydrogen-bond acceptors (Lipinski definition) is 3. The van der Waals surface area contributed by atoms with E-state index in [0.717, 1.165) is 16.9 Å². The Hall–Kier alpha value is -2.68. The summed E-state index contributed by atoms with van der Waals surface area (Å²) in [6.45, 7) is 2.08. The van der Waals surface area contributed by atoms with Gasteiger partial charge in [0.15, 0.2) is 0 Å². The molecule has 0 radical (unpaired) electrons. The molecule has 1 atom stereocenters. The van der Waals surface area contributed by atoms with Crippen LogP contribution in [0.5, 0.6) is 5.75 Å². The van der Waals surface area contributed by atoms with E-state index < -0.39 is 0 Å². The Morgan fingerprint density at radius 2 is 1.73 bits per heavy atom. The van der Waals surface area contributed by atoms with E-state index >= 15 is 0 Å². The first kappa shape index (κ1) is 14.3. The molecule has 1 heterocycles. The molecule has 3 aromatic rings. The van der Waals surface area contributed by atoms with Crippen molar-refractivity contribution in [1.29, 1.82) is 0 Å². The van der Waals surface area contributed by atoms with Gasteiger partial charge in [-0.25, -0.2) is 0 Å². The second kappa shape index (κ2) is 6.39. The highest BCUT2D eigenvalue weighted by Gasteiger charge is 2.02. The second-order valence-electron chi connectivity index (χ2n) is 5.21. The van der Waals surface area contributed by atoms with Gasteiger partial charge in [0.05, 0.1) is 13.2 Å². The van der Waals surface area contributed by atoms with Gasteiger partial charge < -0.3 is 4.74 Å². The summed E-state index contributed by atoms with van der Waals surface area (Å²) < 4.78 is 5.25. The largest absolute Gasteiger partial charge is 0.497 e. The van der Waals surface area contributed by atoms with Crippen LogP contribution in [0, 0.1) is 0 Å².